The van der Waals surface area contributed by atoms with Crippen LogP contribution in [0.5, 0.6) is 0 Å². The van der Waals surface area contributed by atoms with E-state index in [-0.39, 0.29) is 28.0 Å². The highest BCUT2D eigenvalue weighted by atomic mass is 32.2. The molecule has 3 N–H and O–H groups in total. The molecule has 0 radical (unpaired) electrons. The summed E-state index contributed by atoms with van der Waals surface area (Å²) in [7, 11) is -4.00. The Labute approximate surface area is 171 Å². The topological polar surface area (TPSA) is 105 Å². The summed E-state index contributed by atoms with van der Waals surface area (Å²) in [5.41, 5.74) is -1.15. The van der Waals surface area contributed by atoms with E-state index in [0.717, 1.165) is 37.6 Å². The number of nitrogens with two attached hydrogens (primary N) is 1. The van der Waals surface area contributed by atoms with Gasteiger partial charge in [0.15, 0.2) is 0 Å². The Morgan fingerprint density at radius 3 is 2.67 bits per heavy atom. The zero-order valence-corrected chi connectivity index (χ0v) is 16.5. The van der Waals surface area contributed by atoms with E-state index in [1.165, 1.54) is 18.2 Å². The van der Waals surface area contributed by atoms with Gasteiger partial charge < -0.3 is 10.2 Å². The van der Waals surface area contributed by atoms with Gasteiger partial charge >= 0.3 is 6.18 Å². The molecule has 30 heavy (non-hydrogen) atoms. The van der Waals surface area contributed by atoms with E-state index >= 15 is 0 Å². The van der Waals surface area contributed by atoms with Gasteiger partial charge in [0.1, 0.15) is 5.82 Å². The summed E-state index contributed by atoms with van der Waals surface area (Å²) in [6.45, 7) is 0.643. The first kappa shape index (κ1) is 20.6. The molecular weight excluding hydrogens is 421 g/mol. The van der Waals surface area contributed by atoms with Crippen molar-refractivity contribution in [1.82, 2.24) is 4.98 Å². The molecule has 2 aliphatic rings. The van der Waals surface area contributed by atoms with Crippen molar-refractivity contribution in [2.45, 2.75) is 36.4 Å². The van der Waals surface area contributed by atoms with Gasteiger partial charge in [-0.1, -0.05) is 12.5 Å². The molecule has 7 nitrogen and oxygen atoms in total. The van der Waals surface area contributed by atoms with Crippen molar-refractivity contribution in [3.05, 3.63) is 47.7 Å². The van der Waals surface area contributed by atoms with E-state index in [2.05, 4.69) is 10.3 Å². The molecule has 1 aliphatic heterocycles. The third kappa shape index (κ3) is 3.86. The summed E-state index contributed by atoms with van der Waals surface area (Å²) in [4.78, 5) is 18.5. The monoisotopic (exact) mass is 440 g/mol. The van der Waals surface area contributed by atoms with Crippen LogP contribution in [0.4, 0.5) is 24.7 Å². The molecule has 2 unspecified atom stereocenters. The van der Waals surface area contributed by atoms with Crippen LogP contribution in [-0.2, 0) is 16.2 Å². The van der Waals surface area contributed by atoms with E-state index in [0.29, 0.717) is 12.5 Å². The maximum atomic E-state index is 13.2. The normalized spacial score (nSPS) is 21.1. The highest BCUT2D eigenvalue weighted by molar-refractivity contribution is 7.89. The third-order valence-electron chi connectivity index (χ3n) is 5.58. The molecule has 2 fully saturated rings. The molecule has 2 atom stereocenters. The average molecular weight is 440 g/mol. The Morgan fingerprint density at radius 1 is 1.23 bits per heavy atom. The number of sulfonamides is 1. The van der Waals surface area contributed by atoms with Crippen molar-refractivity contribution < 1.29 is 26.4 Å². The van der Waals surface area contributed by atoms with Gasteiger partial charge in [-0.2, -0.15) is 13.2 Å². The molecule has 11 heteroatoms. The first-order chi connectivity index (χ1) is 14.0. The van der Waals surface area contributed by atoms with Crippen molar-refractivity contribution in [3.8, 4) is 0 Å². The third-order valence-corrected chi connectivity index (χ3v) is 6.49. The number of benzene rings is 1. The zero-order valence-electron chi connectivity index (χ0n) is 15.7. The van der Waals surface area contributed by atoms with Crippen LogP contribution in [0.3, 0.4) is 0 Å². The fourth-order valence-corrected chi connectivity index (χ4v) is 4.65. The van der Waals surface area contributed by atoms with Crippen molar-refractivity contribution in [2.24, 2.45) is 11.1 Å². The number of carbonyl (C=O) groups is 1. The number of primary sulfonamides is 1. The van der Waals surface area contributed by atoms with Crippen LogP contribution in [0.1, 0.15) is 35.2 Å². The maximum Gasteiger partial charge on any atom is 0.417 e. The minimum atomic E-state index is -4.65. The molecule has 160 valence electrons. The lowest BCUT2D eigenvalue weighted by atomic mass is 9.91. The molecule has 1 aromatic heterocycles. The second kappa shape index (κ2) is 7.24. The number of alkyl halides is 3. The van der Waals surface area contributed by atoms with Gasteiger partial charge in [0, 0.05) is 24.5 Å². The number of anilines is 2. The van der Waals surface area contributed by atoms with Gasteiger partial charge in [0.25, 0.3) is 5.91 Å². The van der Waals surface area contributed by atoms with Gasteiger partial charge in [-0.05, 0) is 43.0 Å². The number of aromatic nitrogens is 1. The molecule has 1 aliphatic carbocycles. The summed E-state index contributed by atoms with van der Waals surface area (Å²) >= 11 is 0. The molecule has 1 saturated carbocycles. The number of hydrogen-bond donors (Lipinski definition) is 2. The summed E-state index contributed by atoms with van der Waals surface area (Å²) in [6, 6.07) is 6.14. The SMILES string of the molecule is NS(=O)(=O)c1cccc(NC(=O)c2cc(C(F)(F)F)cnc2N2CC3CCCC32)c1. The fourth-order valence-electron chi connectivity index (χ4n) is 4.09. The molecule has 2 aromatic rings. The lowest BCUT2D eigenvalue weighted by Gasteiger charge is -2.46. The number of amides is 1. The molecule has 0 bridgehead atoms. The van der Waals surface area contributed by atoms with Gasteiger partial charge in [0.05, 0.1) is 16.0 Å². The van der Waals surface area contributed by atoms with Crippen molar-refractivity contribution in [3.63, 3.8) is 0 Å². The van der Waals surface area contributed by atoms with E-state index in [1.807, 2.05) is 4.90 Å². The molecule has 0 spiro atoms. The summed E-state index contributed by atoms with van der Waals surface area (Å²) in [5.74, 6) is -0.140. The molecule has 1 aromatic carbocycles. The molecular formula is C19H19F3N4O3S. The van der Waals surface area contributed by atoms with Crippen LogP contribution < -0.4 is 15.4 Å². The standard InChI is InChI=1S/C19H19F3N4O3S/c20-19(21,22)12-7-15(17(24-9-12)26-10-11-3-1-6-16(11)26)18(27)25-13-4-2-5-14(8-13)30(23,28)29/h2,4-5,7-9,11,16H,1,3,6,10H2,(H,25,27)(H2,23,28,29). The number of rotatable bonds is 4. The van der Waals surface area contributed by atoms with Crippen molar-refractivity contribution in [1.29, 1.82) is 0 Å². The Kier molecular flexibility index (Phi) is 4.97. The highest BCUT2D eigenvalue weighted by Gasteiger charge is 2.44. The second-order valence-corrected chi connectivity index (χ2v) is 9.09. The summed E-state index contributed by atoms with van der Waals surface area (Å²) < 4.78 is 62.7. The van der Waals surface area contributed by atoms with Crippen LogP contribution in [0.25, 0.3) is 0 Å². The lowest BCUT2D eigenvalue weighted by molar-refractivity contribution is -0.137. The van der Waals surface area contributed by atoms with Gasteiger partial charge in [0.2, 0.25) is 10.0 Å². The van der Waals surface area contributed by atoms with Crippen LogP contribution in [0, 0.1) is 5.92 Å². The largest absolute Gasteiger partial charge is 0.417 e. The number of carbonyl (C=O) groups excluding carboxylic acids is 1. The predicted octanol–water partition coefficient (Wildman–Crippen LogP) is 2.99. The Bertz CT molecular complexity index is 1100. The number of fused-ring (bicyclic) bond motifs is 1. The van der Waals surface area contributed by atoms with E-state index in [1.54, 1.807) is 0 Å². The second-order valence-electron chi connectivity index (χ2n) is 7.53. The molecule has 1 amide bonds. The van der Waals surface area contributed by atoms with Crippen LogP contribution in [0.15, 0.2) is 41.4 Å². The van der Waals surface area contributed by atoms with E-state index < -0.39 is 27.7 Å². The van der Waals surface area contributed by atoms with Crippen LogP contribution >= 0.6 is 0 Å². The van der Waals surface area contributed by atoms with E-state index in [9.17, 15) is 26.4 Å². The quantitative estimate of drug-likeness (QED) is 0.761. The van der Waals surface area contributed by atoms with Crippen molar-refractivity contribution in [2.75, 3.05) is 16.8 Å². The first-order valence-electron chi connectivity index (χ1n) is 9.32. The fraction of sp³-hybridized carbons (Fsp3) is 0.368. The van der Waals surface area contributed by atoms with Crippen LogP contribution in [0.2, 0.25) is 0 Å². The van der Waals surface area contributed by atoms with Crippen LogP contribution in [-0.4, -0.2) is 31.9 Å². The Hall–Kier alpha value is -2.66. The predicted molar refractivity (Wildman–Crippen MR) is 103 cm³/mol. The maximum absolute atomic E-state index is 13.2. The lowest BCUT2D eigenvalue weighted by Crippen LogP contribution is -2.54. The highest BCUT2D eigenvalue weighted by Crippen LogP contribution is 2.43. The number of nitrogens with zero attached hydrogens (tertiary/aromatic N) is 2. The van der Waals surface area contributed by atoms with Gasteiger partial charge in [-0.15, -0.1) is 0 Å². The number of halogens is 3. The Morgan fingerprint density at radius 2 is 2.00 bits per heavy atom. The van der Waals surface area contributed by atoms with Crippen molar-refractivity contribution >= 4 is 27.4 Å². The average Bonchev–Trinajstić information content (AvgIpc) is 3.01. The smallest absolute Gasteiger partial charge is 0.352 e. The Balaban J connectivity index is 1.68. The molecule has 1 saturated heterocycles. The minimum Gasteiger partial charge on any atom is -0.352 e. The molecule has 4 rings (SSSR count). The summed E-state index contributed by atoms with van der Waals surface area (Å²) in [5, 5.41) is 7.55. The minimum absolute atomic E-state index is 0.0947. The van der Waals surface area contributed by atoms with E-state index in [4.69, 9.17) is 5.14 Å². The van der Waals surface area contributed by atoms with Gasteiger partial charge in [-0.3, -0.25) is 4.79 Å². The number of nitrogens with one attached hydrogen (secondary N) is 1. The summed E-state index contributed by atoms with van der Waals surface area (Å²) in [6.07, 6.45) is -0.919. The van der Waals surface area contributed by atoms with Gasteiger partial charge in [-0.25, -0.2) is 18.5 Å². The number of pyridine rings is 1. The number of hydrogen-bond acceptors (Lipinski definition) is 5. The molecule has 2 heterocycles. The first-order valence-corrected chi connectivity index (χ1v) is 10.9. The zero-order chi connectivity index (χ0) is 21.7.